The lowest BCUT2D eigenvalue weighted by atomic mass is 10.1. The summed E-state index contributed by atoms with van der Waals surface area (Å²) in [6, 6.07) is 6.96. The molecule has 3 rings (SSSR count). The predicted octanol–water partition coefficient (Wildman–Crippen LogP) is 2.53. The Morgan fingerprint density at radius 1 is 1.08 bits per heavy atom. The van der Waals surface area contributed by atoms with Gasteiger partial charge in [0.05, 0.1) is 28.2 Å². The summed E-state index contributed by atoms with van der Waals surface area (Å²) < 4.78 is 1.76. The van der Waals surface area contributed by atoms with Crippen molar-refractivity contribution in [3.05, 3.63) is 39.5 Å². The number of pyridine rings is 2. The molecule has 3 aromatic rings. The zero-order valence-electron chi connectivity index (χ0n) is 14.6. The Labute approximate surface area is 150 Å². The summed E-state index contributed by atoms with van der Waals surface area (Å²) in [4.78, 5) is 32.6. The van der Waals surface area contributed by atoms with E-state index >= 15 is 0 Å². The average molecular weight is 359 g/mol. The van der Waals surface area contributed by atoms with Crippen LogP contribution < -0.4 is 15.2 Å². The molecular weight excluding hydrogens is 340 g/mol. The number of nitrogens with zero attached hydrogens (tertiary/aromatic N) is 4. The van der Waals surface area contributed by atoms with Crippen LogP contribution in [0, 0.1) is 0 Å². The van der Waals surface area contributed by atoms with Gasteiger partial charge in [0.15, 0.2) is 5.43 Å². The summed E-state index contributed by atoms with van der Waals surface area (Å²) >= 11 is 6.38. The molecule has 0 N–H and O–H groups in total. The van der Waals surface area contributed by atoms with Crippen LogP contribution in [0.5, 0.6) is 0 Å². The van der Waals surface area contributed by atoms with E-state index in [1.54, 1.807) is 28.8 Å². The standard InChI is InChI=1S/C18H19ClN4O2/c1-21(2)14-8-6-12-17(25)11-5-7-13(19)16(22(3)4)15(11)23(9-10-24)18(12)20-14/h5-8,10H,9H2,1-4H3. The second-order valence-electron chi connectivity index (χ2n) is 6.23. The maximum Gasteiger partial charge on any atom is 0.198 e. The van der Waals surface area contributed by atoms with Crippen molar-refractivity contribution in [1.29, 1.82) is 0 Å². The Balaban J connectivity index is 2.61. The summed E-state index contributed by atoms with van der Waals surface area (Å²) in [7, 11) is 7.45. The maximum atomic E-state index is 13.0. The lowest BCUT2D eigenvalue weighted by Crippen LogP contribution is -2.19. The van der Waals surface area contributed by atoms with Gasteiger partial charge in [-0.2, -0.15) is 0 Å². The van der Waals surface area contributed by atoms with Gasteiger partial charge < -0.3 is 19.2 Å². The SMILES string of the molecule is CN(C)c1ccc2c(=O)c3ccc(Cl)c(N(C)C)c3n(CC=O)c2n1. The Morgan fingerprint density at radius 3 is 2.36 bits per heavy atom. The van der Waals surface area contributed by atoms with Crippen LogP contribution in [-0.2, 0) is 11.3 Å². The monoisotopic (exact) mass is 358 g/mol. The molecule has 1 aromatic carbocycles. The molecular formula is C18H19ClN4O2. The number of rotatable bonds is 4. The Bertz CT molecular complexity index is 1040. The fraction of sp³-hybridized carbons (Fsp3) is 0.278. The number of benzene rings is 1. The van der Waals surface area contributed by atoms with Crippen LogP contribution in [0.15, 0.2) is 29.1 Å². The molecule has 25 heavy (non-hydrogen) atoms. The molecule has 6 nitrogen and oxygen atoms in total. The highest BCUT2D eigenvalue weighted by atomic mass is 35.5. The molecule has 0 unspecified atom stereocenters. The first-order chi connectivity index (χ1) is 11.9. The summed E-state index contributed by atoms with van der Waals surface area (Å²) in [5.74, 6) is 0.708. The van der Waals surface area contributed by atoms with Gasteiger partial charge in [-0.15, -0.1) is 0 Å². The van der Waals surface area contributed by atoms with E-state index in [1.165, 1.54) is 0 Å². The molecule has 0 bridgehead atoms. The zero-order chi connectivity index (χ0) is 18.3. The van der Waals surface area contributed by atoms with Crippen LogP contribution in [0.25, 0.3) is 21.9 Å². The number of hydrogen-bond acceptors (Lipinski definition) is 5. The highest BCUT2D eigenvalue weighted by Crippen LogP contribution is 2.33. The second kappa shape index (κ2) is 6.37. The highest BCUT2D eigenvalue weighted by molar-refractivity contribution is 6.35. The third-order valence-electron chi connectivity index (χ3n) is 4.14. The van der Waals surface area contributed by atoms with Gasteiger partial charge in [-0.05, 0) is 24.3 Å². The van der Waals surface area contributed by atoms with Gasteiger partial charge in [0.25, 0.3) is 0 Å². The average Bonchev–Trinajstić information content (AvgIpc) is 2.57. The van der Waals surface area contributed by atoms with E-state index in [0.717, 1.165) is 6.29 Å². The number of aromatic nitrogens is 2. The van der Waals surface area contributed by atoms with E-state index in [4.69, 9.17) is 11.6 Å². The van der Waals surface area contributed by atoms with E-state index in [-0.39, 0.29) is 12.0 Å². The van der Waals surface area contributed by atoms with Crippen LogP contribution >= 0.6 is 11.6 Å². The van der Waals surface area contributed by atoms with Crippen molar-refractivity contribution in [3.63, 3.8) is 0 Å². The number of halogens is 1. The van der Waals surface area contributed by atoms with Crippen LogP contribution in [0.4, 0.5) is 11.5 Å². The minimum atomic E-state index is -0.121. The van der Waals surface area contributed by atoms with Crippen LogP contribution in [0.1, 0.15) is 0 Å². The van der Waals surface area contributed by atoms with Crippen molar-refractivity contribution in [2.75, 3.05) is 38.0 Å². The summed E-state index contributed by atoms with van der Waals surface area (Å²) in [6.45, 7) is 0.0817. The molecule has 0 aliphatic rings. The zero-order valence-corrected chi connectivity index (χ0v) is 15.3. The van der Waals surface area contributed by atoms with Crippen molar-refractivity contribution < 1.29 is 4.79 Å². The highest BCUT2D eigenvalue weighted by Gasteiger charge is 2.18. The second-order valence-corrected chi connectivity index (χ2v) is 6.64. The first kappa shape index (κ1) is 17.2. The molecule has 0 aliphatic heterocycles. The molecule has 0 amide bonds. The smallest absolute Gasteiger partial charge is 0.198 e. The molecule has 0 saturated carbocycles. The molecule has 7 heteroatoms. The topological polar surface area (TPSA) is 58.4 Å². The van der Waals surface area contributed by atoms with E-state index in [1.807, 2.05) is 38.0 Å². The minimum Gasteiger partial charge on any atom is -0.375 e. The van der Waals surface area contributed by atoms with Crippen LogP contribution in [0.2, 0.25) is 5.02 Å². The number of carbonyl (C=O) groups excluding carboxylic acids is 1. The Hall–Kier alpha value is -2.60. The summed E-state index contributed by atoms with van der Waals surface area (Å²) in [6.07, 6.45) is 0.799. The van der Waals surface area contributed by atoms with Gasteiger partial charge in [-0.3, -0.25) is 4.79 Å². The fourth-order valence-electron chi connectivity index (χ4n) is 3.01. The quantitative estimate of drug-likeness (QED) is 0.530. The van der Waals surface area contributed by atoms with E-state index < -0.39 is 0 Å². The van der Waals surface area contributed by atoms with E-state index in [9.17, 15) is 9.59 Å². The summed E-state index contributed by atoms with van der Waals surface area (Å²) in [5.41, 5.74) is 1.66. The van der Waals surface area contributed by atoms with E-state index in [2.05, 4.69) is 4.98 Å². The van der Waals surface area contributed by atoms with Crippen molar-refractivity contribution in [2.24, 2.45) is 0 Å². The van der Waals surface area contributed by atoms with Gasteiger partial charge in [0, 0.05) is 33.6 Å². The molecule has 130 valence electrons. The molecule has 0 radical (unpaired) electrons. The normalized spacial score (nSPS) is 11.1. The molecule has 0 fully saturated rings. The first-order valence-corrected chi connectivity index (χ1v) is 8.18. The molecule has 2 heterocycles. The lowest BCUT2D eigenvalue weighted by molar-refractivity contribution is -0.108. The molecule has 2 aromatic heterocycles. The first-order valence-electron chi connectivity index (χ1n) is 7.81. The number of anilines is 2. The predicted molar refractivity (Wildman–Crippen MR) is 103 cm³/mol. The van der Waals surface area contributed by atoms with Gasteiger partial charge in [0.2, 0.25) is 0 Å². The van der Waals surface area contributed by atoms with Gasteiger partial charge in [-0.1, -0.05) is 11.6 Å². The Morgan fingerprint density at radius 2 is 1.76 bits per heavy atom. The number of fused-ring (bicyclic) bond motifs is 2. The molecule has 0 aliphatic carbocycles. The van der Waals surface area contributed by atoms with Crippen molar-refractivity contribution in [3.8, 4) is 0 Å². The van der Waals surface area contributed by atoms with Gasteiger partial charge >= 0.3 is 0 Å². The largest absolute Gasteiger partial charge is 0.375 e. The van der Waals surface area contributed by atoms with Gasteiger partial charge in [0.1, 0.15) is 17.8 Å². The third-order valence-corrected chi connectivity index (χ3v) is 4.44. The number of aldehydes is 1. The van der Waals surface area contributed by atoms with Crippen LogP contribution in [0.3, 0.4) is 0 Å². The summed E-state index contributed by atoms with van der Waals surface area (Å²) in [5, 5.41) is 1.51. The van der Waals surface area contributed by atoms with Crippen molar-refractivity contribution in [2.45, 2.75) is 6.54 Å². The number of hydrogen-bond donors (Lipinski definition) is 0. The minimum absolute atomic E-state index is 0.0817. The molecule has 0 spiro atoms. The van der Waals surface area contributed by atoms with Gasteiger partial charge in [-0.25, -0.2) is 4.98 Å². The fourth-order valence-corrected chi connectivity index (χ4v) is 3.33. The van der Waals surface area contributed by atoms with Crippen molar-refractivity contribution >= 4 is 51.3 Å². The maximum absolute atomic E-state index is 13.0. The number of carbonyl (C=O) groups is 1. The molecule has 0 saturated heterocycles. The Kier molecular flexibility index (Phi) is 4.39. The lowest BCUT2D eigenvalue weighted by Gasteiger charge is -2.22. The van der Waals surface area contributed by atoms with Crippen molar-refractivity contribution in [1.82, 2.24) is 9.55 Å². The van der Waals surface area contributed by atoms with E-state index in [0.29, 0.717) is 38.5 Å². The molecule has 0 atom stereocenters. The third kappa shape index (κ3) is 2.72. The van der Waals surface area contributed by atoms with Crippen LogP contribution in [-0.4, -0.2) is 44.0 Å².